The molecule has 2 saturated carbocycles. The third kappa shape index (κ3) is 22.5. The zero-order valence-electron chi connectivity index (χ0n) is 76.5. The topological polar surface area (TPSA) is 406 Å². The summed E-state index contributed by atoms with van der Waals surface area (Å²) in [5.41, 5.74) is 47.3. The number of nitriles is 2. The Morgan fingerprint density at radius 3 is 1.13 bits per heavy atom. The molecule has 12 aromatic rings. The first-order valence-electron chi connectivity index (χ1n) is 46.0. The van der Waals surface area contributed by atoms with Crippen LogP contribution in [0.1, 0.15) is 146 Å². The number of anilines is 6. The molecule has 0 atom stereocenters. The SMILES string of the molecule is CCN1CCC(n2cc(Oc3nc(-c4cc(C)c5c(c4)CN(C)CC5)cnc3N)cn2)CC1.CCNc1cc(-c2cnc(N)c(Oc3cnn(CCC#N)c3)n2)cc2c1CCN(C)C2.CN1CCc2c(cc(-c3cnc(N)c(Oc4cnn(CCC#N)c4)n3)cc2NC2CC2)C1.Cc1cc(-c2cnc(N)c(Oc3cnn(C4CCN(CC5CC5)CC4)c3)n2)cc2c1CCN(C)C2. The molecule has 0 amide bonds. The van der Waals surface area contributed by atoms with Crippen molar-refractivity contribution in [1.29, 1.82) is 10.5 Å². The molecule has 8 aromatic heterocycles. The lowest BCUT2D eigenvalue weighted by molar-refractivity contribution is 0.174. The summed E-state index contributed by atoms with van der Waals surface area (Å²) in [5, 5.41) is 42.2. The van der Waals surface area contributed by atoms with Crippen molar-refractivity contribution in [1.82, 2.24) is 108 Å². The lowest BCUT2D eigenvalue weighted by Crippen LogP contribution is -2.36. The van der Waals surface area contributed by atoms with E-state index >= 15 is 0 Å². The van der Waals surface area contributed by atoms with Gasteiger partial charge in [0.15, 0.2) is 46.3 Å². The molecule has 34 heteroatoms. The van der Waals surface area contributed by atoms with Crippen LogP contribution < -0.4 is 52.5 Å². The lowest BCUT2D eigenvalue weighted by atomic mass is 9.92. The molecule has 6 aliphatic heterocycles. The van der Waals surface area contributed by atoms with Crippen LogP contribution in [-0.4, -0.2) is 215 Å². The third-order valence-corrected chi connectivity index (χ3v) is 25.8. The summed E-state index contributed by atoms with van der Waals surface area (Å²) < 4.78 is 31.2. The maximum atomic E-state index is 8.74. The van der Waals surface area contributed by atoms with E-state index in [-0.39, 0.29) is 35.0 Å². The van der Waals surface area contributed by atoms with Gasteiger partial charge >= 0.3 is 0 Å². The van der Waals surface area contributed by atoms with Crippen molar-refractivity contribution in [2.24, 2.45) is 5.92 Å². The fourth-order valence-electron chi connectivity index (χ4n) is 18.2. The number of nitrogens with two attached hydrogens (primary N) is 4. The fraction of sp³-hybridized carbons (Fsp3) is 0.443. The maximum absolute atomic E-state index is 8.74. The fourth-order valence-corrected chi connectivity index (χ4v) is 18.2. The lowest BCUT2D eigenvalue weighted by Gasteiger charge is -2.31. The van der Waals surface area contributed by atoms with Gasteiger partial charge in [-0.3, -0.25) is 18.7 Å². The van der Waals surface area contributed by atoms with E-state index in [9.17, 15) is 0 Å². The summed E-state index contributed by atoms with van der Waals surface area (Å²) in [5.74, 6) is 5.33. The molecule has 4 aromatic carbocycles. The molecule has 14 heterocycles. The number of nitrogens with zero attached hydrogens (tertiary/aromatic N) is 24. The smallest absolute Gasteiger partial charge is 0.263 e. The number of aryl methyl sites for hydroxylation is 4. The molecule has 0 bridgehead atoms. The molecule has 8 aliphatic rings. The number of likely N-dealkylation sites (N-methyl/N-ethyl adjacent to an activating group) is 4. The van der Waals surface area contributed by atoms with Gasteiger partial charge in [-0.25, -0.2) is 39.9 Å². The van der Waals surface area contributed by atoms with Gasteiger partial charge in [-0.1, -0.05) is 6.92 Å². The van der Waals surface area contributed by atoms with Crippen molar-refractivity contribution >= 4 is 34.6 Å². The van der Waals surface area contributed by atoms with Crippen LogP contribution in [0.25, 0.3) is 45.0 Å². The summed E-state index contributed by atoms with van der Waals surface area (Å²) in [6, 6.07) is 23.1. The van der Waals surface area contributed by atoms with E-state index in [1.54, 1.807) is 71.3 Å². The molecular weight excluding hydrogens is 1650 g/mol. The Morgan fingerprint density at radius 1 is 0.405 bits per heavy atom. The van der Waals surface area contributed by atoms with Crippen molar-refractivity contribution in [2.75, 3.05) is 134 Å². The van der Waals surface area contributed by atoms with E-state index in [2.05, 4.69) is 207 Å². The first kappa shape index (κ1) is 89.7. The van der Waals surface area contributed by atoms with Crippen LogP contribution in [0.3, 0.4) is 0 Å². The van der Waals surface area contributed by atoms with Crippen molar-refractivity contribution < 1.29 is 18.9 Å². The molecule has 0 spiro atoms. The number of likely N-dealkylation sites (tertiary alicyclic amines) is 2. The van der Waals surface area contributed by atoms with Crippen LogP contribution in [0, 0.1) is 42.4 Å². The van der Waals surface area contributed by atoms with Gasteiger partial charge in [0.1, 0.15) is 0 Å². The molecule has 2 saturated heterocycles. The van der Waals surface area contributed by atoms with E-state index < -0.39 is 0 Å². The van der Waals surface area contributed by atoms with Crippen molar-refractivity contribution in [2.45, 2.75) is 175 Å². The minimum atomic E-state index is 0.207. The Kier molecular flexibility index (Phi) is 28.0. The normalized spacial score (nSPS) is 16.7. The van der Waals surface area contributed by atoms with Gasteiger partial charge in [-0.05, 0) is 243 Å². The Morgan fingerprint density at radius 2 is 0.756 bits per heavy atom. The zero-order valence-corrected chi connectivity index (χ0v) is 76.5. The number of hydrogen-bond donors (Lipinski definition) is 6. The predicted molar refractivity (Wildman–Crippen MR) is 505 cm³/mol. The Balaban J connectivity index is 0.000000122. The highest BCUT2D eigenvalue weighted by Gasteiger charge is 2.31. The number of fused-ring (bicyclic) bond motifs is 4. The van der Waals surface area contributed by atoms with Crippen LogP contribution in [0.4, 0.5) is 34.6 Å². The first-order chi connectivity index (χ1) is 63.7. The Bertz CT molecular complexity index is 6080. The second-order valence-corrected chi connectivity index (χ2v) is 35.9. The number of aromatic nitrogens is 16. The number of hydrogen-bond acceptors (Lipinski definition) is 30. The number of nitrogens with one attached hydrogen (secondary N) is 2. The number of nitrogen functional groups attached to an aromatic ring is 4. The quantitative estimate of drug-likeness (QED) is 0.0309. The van der Waals surface area contributed by atoms with E-state index in [1.807, 2.05) is 21.8 Å². The highest BCUT2D eigenvalue weighted by molar-refractivity contribution is 5.74. The van der Waals surface area contributed by atoms with Crippen LogP contribution >= 0.6 is 0 Å². The molecule has 4 fully saturated rings. The van der Waals surface area contributed by atoms with Gasteiger partial charge in [0.05, 0.1) is 147 Å². The first-order valence-corrected chi connectivity index (χ1v) is 46.0. The maximum Gasteiger partial charge on any atom is 0.263 e. The van der Waals surface area contributed by atoms with Crippen LogP contribution in [-0.2, 0) is 65.0 Å². The molecule has 0 unspecified atom stereocenters. The molecule has 0 radical (unpaired) electrons. The minimum Gasteiger partial charge on any atom is -0.433 e. The second kappa shape index (κ2) is 40.8. The van der Waals surface area contributed by atoms with E-state index in [0.29, 0.717) is 90.2 Å². The number of benzene rings is 4. The van der Waals surface area contributed by atoms with Crippen molar-refractivity contribution in [3.05, 3.63) is 179 Å². The average Bonchev–Trinajstić information content (AvgIpc) is 1.66. The van der Waals surface area contributed by atoms with Gasteiger partial charge in [0.25, 0.3) is 23.5 Å². The molecular formula is C97H120N30O4. The monoisotopic (exact) mass is 1770 g/mol. The molecule has 20 rings (SSSR count). The number of piperidine rings is 2. The van der Waals surface area contributed by atoms with Crippen LogP contribution in [0.15, 0.2) is 123 Å². The third-order valence-electron chi connectivity index (χ3n) is 25.8. The summed E-state index contributed by atoms with van der Waals surface area (Å²) in [7, 11) is 8.61. The van der Waals surface area contributed by atoms with Gasteiger partial charge < -0.3 is 81.9 Å². The molecule has 34 nitrogen and oxygen atoms in total. The largest absolute Gasteiger partial charge is 0.433 e. The Labute approximate surface area is 765 Å². The van der Waals surface area contributed by atoms with Crippen LogP contribution in [0.5, 0.6) is 46.5 Å². The van der Waals surface area contributed by atoms with Gasteiger partial charge in [0.2, 0.25) is 0 Å². The average molecular weight is 1770 g/mol. The van der Waals surface area contributed by atoms with E-state index in [1.165, 1.54) is 93.5 Å². The van der Waals surface area contributed by atoms with Crippen LogP contribution in [0.2, 0.25) is 0 Å². The minimum absolute atomic E-state index is 0.207. The molecule has 682 valence electrons. The molecule has 10 N–H and O–H groups in total. The second-order valence-electron chi connectivity index (χ2n) is 35.9. The number of rotatable bonds is 25. The summed E-state index contributed by atoms with van der Waals surface area (Å²) in [6.07, 6.45) is 35.5. The summed E-state index contributed by atoms with van der Waals surface area (Å²) in [4.78, 5) is 50.6. The van der Waals surface area contributed by atoms with E-state index in [0.717, 1.165) is 188 Å². The van der Waals surface area contributed by atoms with E-state index in [4.69, 9.17) is 62.4 Å². The highest BCUT2D eigenvalue weighted by atomic mass is 16.5. The van der Waals surface area contributed by atoms with Gasteiger partial charge in [-0.15, -0.1) is 0 Å². The summed E-state index contributed by atoms with van der Waals surface area (Å²) >= 11 is 0. The zero-order chi connectivity index (χ0) is 90.8. The van der Waals surface area contributed by atoms with Gasteiger partial charge in [0, 0.05) is 131 Å². The standard InChI is InChI=1S/C27H35N7O.C25H33N7O.C23H26N8O.C22H26N8O/c1-18-11-20(12-21-16-32(2)8-7-24(18)21)25-14-29-26(28)27(31-25)35-23-13-30-34(17-23)22-5-9-33(10-6-22)15-19-3-4-19;1-4-31-9-5-20(6-10-31)32-16-21(13-28-32)33-25-24(26)27-14-23(29-25)18-11-17(2)22-7-8-30(3)15-19(22)12-18;1-30-8-5-19-16(13-30)9-15(10-20(19)28-17-3-4-17)21-12-26-22(25)23(29-21)32-18-11-27-31(14-18)7-2-6-24;1-3-25-19-10-15(9-16-13-29(2)8-5-18(16)19)20-12-26-21(24)22(28-20)31-17-11-27-30(14-17)7-4-6-23/h11-14,17,19,22H,3-10,15-16H2,1-2H3,(H2,28,29);11-14,16,20H,4-10,15H2,1-3H3,(H2,26,27);9-12,14,17,28H,2-5,7-8,13H2,1H3,(H2,25,26);9-12,14,25H,3-5,7-8,13H2,1-2H3,(H2,24,26). The Hall–Kier alpha value is -13.2. The van der Waals surface area contributed by atoms with Crippen molar-refractivity contribution in [3.8, 4) is 104 Å². The predicted octanol–water partition coefficient (Wildman–Crippen LogP) is 14.0. The van der Waals surface area contributed by atoms with Crippen molar-refractivity contribution in [3.63, 3.8) is 0 Å². The molecule has 2 aliphatic carbocycles. The van der Waals surface area contributed by atoms with Gasteiger partial charge in [-0.2, -0.15) is 30.9 Å². The highest BCUT2D eigenvalue weighted by Crippen LogP contribution is 2.41. The molecule has 131 heavy (non-hydrogen) atoms. The summed E-state index contributed by atoms with van der Waals surface area (Å²) in [6.45, 7) is 25.4. The number of ether oxygens (including phenoxy) is 4.